The van der Waals surface area contributed by atoms with Crippen molar-refractivity contribution < 1.29 is 4.74 Å². The van der Waals surface area contributed by atoms with E-state index in [4.69, 9.17) is 4.74 Å². The molecule has 0 aromatic heterocycles. The normalized spacial score (nSPS) is 25.8. The monoisotopic (exact) mass is 245 g/mol. The van der Waals surface area contributed by atoms with Crippen LogP contribution in [0.1, 0.15) is 50.7 Å². The zero-order valence-electron chi connectivity index (χ0n) is 11.5. The van der Waals surface area contributed by atoms with Gasteiger partial charge in [0.05, 0.1) is 6.10 Å². The standard InChI is InChI=1S/C16H23NO/c1-16(2)7-3-4-15(9-16)18-14-6-5-12-10-17-11-13(12)8-14/h5-6,8,15,17H,3-4,7,9-11H2,1-2H3. The van der Waals surface area contributed by atoms with E-state index >= 15 is 0 Å². The van der Waals surface area contributed by atoms with E-state index in [1.807, 2.05) is 0 Å². The van der Waals surface area contributed by atoms with Crippen LogP contribution < -0.4 is 10.1 Å². The highest BCUT2D eigenvalue weighted by Gasteiger charge is 2.29. The number of hydrogen-bond donors (Lipinski definition) is 1. The Morgan fingerprint density at radius 2 is 2.06 bits per heavy atom. The Hall–Kier alpha value is -1.02. The lowest BCUT2D eigenvalue weighted by Gasteiger charge is -2.35. The zero-order valence-corrected chi connectivity index (χ0v) is 11.5. The summed E-state index contributed by atoms with van der Waals surface area (Å²) in [4.78, 5) is 0. The molecule has 1 aromatic rings. The van der Waals surface area contributed by atoms with Gasteiger partial charge in [-0.25, -0.2) is 0 Å². The van der Waals surface area contributed by atoms with Crippen LogP contribution in [0.3, 0.4) is 0 Å². The number of fused-ring (bicyclic) bond motifs is 1. The molecule has 2 nitrogen and oxygen atoms in total. The Labute approximate surface area is 110 Å². The number of rotatable bonds is 2. The van der Waals surface area contributed by atoms with Crippen LogP contribution in [-0.2, 0) is 13.1 Å². The van der Waals surface area contributed by atoms with Crippen molar-refractivity contribution >= 4 is 0 Å². The van der Waals surface area contributed by atoms with Crippen LogP contribution in [-0.4, -0.2) is 6.10 Å². The van der Waals surface area contributed by atoms with Crippen molar-refractivity contribution in [2.45, 2.75) is 58.7 Å². The molecule has 1 N–H and O–H groups in total. The molecule has 1 heterocycles. The molecule has 0 amide bonds. The second-order valence-electron chi connectivity index (χ2n) is 6.53. The third kappa shape index (κ3) is 2.54. The Morgan fingerprint density at radius 3 is 2.89 bits per heavy atom. The van der Waals surface area contributed by atoms with Crippen LogP contribution >= 0.6 is 0 Å². The van der Waals surface area contributed by atoms with E-state index in [1.165, 1.54) is 36.8 Å². The lowest BCUT2D eigenvalue weighted by atomic mass is 9.76. The highest BCUT2D eigenvalue weighted by molar-refractivity contribution is 5.37. The molecule has 1 atom stereocenters. The second kappa shape index (κ2) is 4.58. The van der Waals surface area contributed by atoms with Gasteiger partial charge in [-0.3, -0.25) is 0 Å². The molecule has 1 fully saturated rings. The lowest BCUT2D eigenvalue weighted by molar-refractivity contribution is 0.0850. The van der Waals surface area contributed by atoms with E-state index in [0.29, 0.717) is 11.5 Å². The maximum Gasteiger partial charge on any atom is 0.120 e. The van der Waals surface area contributed by atoms with Gasteiger partial charge in [-0.2, -0.15) is 0 Å². The van der Waals surface area contributed by atoms with Gasteiger partial charge >= 0.3 is 0 Å². The van der Waals surface area contributed by atoms with Crippen LogP contribution in [0.15, 0.2) is 18.2 Å². The van der Waals surface area contributed by atoms with Crippen LogP contribution in [0.4, 0.5) is 0 Å². The number of nitrogens with one attached hydrogen (secondary N) is 1. The fourth-order valence-electron chi connectivity index (χ4n) is 3.27. The molecule has 1 unspecified atom stereocenters. The van der Waals surface area contributed by atoms with Crippen molar-refractivity contribution in [3.8, 4) is 5.75 Å². The van der Waals surface area contributed by atoms with Crippen molar-refractivity contribution in [1.82, 2.24) is 5.32 Å². The minimum Gasteiger partial charge on any atom is -0.490 e. The zero-order chi connectivity index (χ0) is 12.6. The second-order valence-corrected chi connectivity index (χ2v) is 6.53. The average molecular weight is 245 g/mol. The fourth-order valence-corrected chi connectivity index (χ4v) is 3.27. The average Bonchev–Trinajstić information content (AvgIpc) is 2.74. The lowest BCUT2D eigenvalue weighted by Crippen LogP contribution is -2.30. The number of ether oxygens (including phenoxy) is 1. The largest absolute Gasteiger partial charge is 0.490 e. The van der Waals surface area contributed by atoms with E-state index in [0.717, 1.165) is 18.8 Å². The van der Waals surface area contributed by atoms with Crippen LogP contribution in [0.25, 0.3) is 0 Å². The fraction of sp³-hybridized carbons (Fsp3) is 0.625. The smallest absolute Gasteiger partial charge is 0.120 e. The molecule has 0 saturated heterocycles. The predicted molar refractivity (Wildman–Crippen MR) is 73.7 cm³/mol. The highest BCUT2D eigenvalue weighted by Crippen LogP contribution is 2.37. The summed E-state index contributed by atoms with van der Waals surface area (Å²) in [6.07, 6.45) is 5.42. The molecule has 1 aliphatic carbocycles. The molecule has 18 heavy (non-hydrogen) atoms. The molecule has 0 bridgehead atoms. The molecule has 3 rings (SSSR count). The minimum absolute atomic E-state index is 0.404. The summed E-state index contributed by atoms with van der Waals surface area (Å²) in [6, 6.07) is 6.56. The van der Waals surface area contributed by atoms with E-state index in [1.54, 1.807) is 0 Å². The molecule has 98 valence electrons. The molecular weight excluding hydrogens is 222 g/mol. The first kappa shape index (κ1) is 12.0. The number of benzene rings is 1. The van der Waals surface area contributed by atoms with Crippen molar-refractivity contribution in [3.63, 3.8) is 0 Å². The molecule has 2 aliphatic rings. The van der Waals surface area contributed by atoms with Crippen molar-refractivity contribution in [2.75, 3.05) is 0 Å². The van der Waals surface area contributed by atoms with Gasteiger partial charge in [-0.05, 0) is 54.4 Å². The maximum atomic E-state index is 6.19. The molecular formula is C16H23NO. The molecule has 2 heteroatoms. The quantitative estimate of drug-likeness (QED) is 0.859. The maximum absolute atomic E-state index is 6.19. The Bertz CT molecular complexity index is 439. The summed E-state index contributed by atoms with van der Waals surface area (Å²) in [6.45, 7) is 6.71. The summed E-state index contributed by atoms with van der Waals surface area (Å²) >= 11 is 0. The van der Waals surface area contributed by atoms with Crippen molar-refractivity contribution in [3.05, 3.63) is 29.3 Å². The van der Waals surface area contributed by atoms with Crippen LogP contribution in [0.2, 0.25) is 0 Å². The minimum atomic E-state index is 0.404. The van der Waals surface area contributed by atoms with Crippen molar-refractivity contribution in [1.29, 1.82) is 0 Å². The Balaban J connectivity index is 1.69. The van der Waals surface area contributed by atoms with E-state index in [9.17, 15) is 0 Å². The van der Waals surface area contributed by atoms with Crippen molar-refractivity contribution in [2.24, 2.45) is 5.41 Å². The van der Waals surface area contributed by atoms with Crippen LogP contribution in [0, 0.1) is 5.41 Å². The van der Waals surface area contributed by atoms with Gasteiger partial charge in [-0.1, -0.05) is 19.9 Å². The van der Waals surface area contributed by atoms with Gasteiger partial charge in [-0.15, -0.1) is 0 Å². The molecule has 0 radical (unpaired) electrons. The molecule has 1 aromatic carbocycles. The summed E-state index contributed by atoms with van der Waals surface area (Å²) in [5, 5.41) is 3.38. The highest BCUT2D eigenvalue weighted by atomic mass is 16.5. The van der Waals surface area contributed by atoms with Gasteiger partial charge in [0.25, 0.3) is 0 Å². The summed E-state index contributed by atoms with van der Waals surface area (Å²) in [7, 11) is 0. The van der Waals surface area contributed by atoms with Gasteiger partial charge in [0.15, 0.2) is 0 Å². The van der Waals surface area contributed by atoms with Crippen LogP contribution in [0.5, 0.6) is 5.75 Å². The third-order valence-electron chi connectivity index (χ3n) is 4.27. The van der Waals surface area contributed by atoms with Gasteiger partial charge in [0, 0.05) is 13.1 Å². The third-order valence-corrected chi connectivity index (χ3v) is 4.27. The van der Waals surface area contributed by atoms with Gasteiger partial charge in [0.1, 0.15) is 5.75 Å². The van der Waals surface area contributed by atoms with Gasteiger partial charge in [0.2, 0.25) is 0 Å². The summed E-state index contributed by atoms with van der Waals surface area (Å²) < 4.78 is 6.19. The first-order valence-electron chi connectivity index (χ1n) is 7.12. The first-order chi connectivity index (χ1) is 8.62. The Kier molecular flexibility index (Phi) is 3.06. The van der Waals surface area contributed by atoms with E-state index < -0.39 is 0 Å². The summed E-state index contributed by atoms with van der Waals surface area (Å²) in [5.74, 6) is 1.06. The topological polar surface area (TPSA) is 21.3 Å². The Morgan fingerprint density at radius 1 is 1.22 bits per heavy atom. The van der Waals surface area contributed by atoms with E-state index in [2.05, 4.69) is 37.4 Å². The predicted octanol–water partition coefficient (Wildman–Crippen LogP) is 3.64. The number of hydrogen-bond acceptors (Lipinski definition) is 2. The molecule has 1 aliphatic heterocycles. The molecule has 0 spiro atoms. The van der Waals surface area contributed by atoms with E-state index in [-0.39, 0.29) is 0 Å². The molecule has 1 saturated carbocycles. The van der Waals surface area contributed by atoms with Gasteiger partial charge < -0.3 is 10.1 Å². The SMILES string of the molecule is CC1(C)CCCC(Oc2ccc3c(c2)CNC3)C1. The first-order valence-corrected chi connectivity index (χ1v) is 7.12. The summed E-state index contributed by atoms with van der Waals surface area (Å²) in [5.41, 5.74) is 3.27.